The third kappa shape index (κ3) is 2.98. The average molecular weight is 352 g/mol. The van der Waals surface area contributed by atoms with Gasteiger partial charge < -0.3 is 14.7 Å². The molecule has 2 aromatic carbocycles. The number of hydrogen-bond acceptors (Lipinski definition) is 5. The number of methoxy groups -OCH3 is 1. The second-order valence-electron chi connectivity index (χ2n) is 5.70. The van der Waals surface area contributed by atoms with Crippen molar-refractivity contribution in [1.29, 1.82) is 0 Å². The molecule has 0 bridgehead atoms. The van der Waals surface area contributed by atoms with Gasteiger partial charge in [0.05, 0.1) is 34.8 Å². The number of para-hydroxylation sites is 1. The molecule has 0 aliphatic heterocycles. The van der Waals surface area contributed by atoms with Gasteiger partial charge in [0.15, 0.2) is 5.16 Å². The van der Waals surface area contributed by atoms with Crippen molar-refractivity contribution in [3.63, 3.8) is 0 Å². The van der Waals surface area contributed by atoms with Gasteiger partial charge in [-0.2, -0.15) is 0 Å². The summed E-state index contributed by atoms with van der Waals surface area (Å²) in [5.74, 6) is 1.94. The maximum atomic E-state index is 12.2. The van der Waals surface area contributed by atoms with Crippen LogP contribution in [0.25, 0.3) is 21.9 Å². The van der Waals surface area contributed by atoms with Crippen LogP contribution < -0.4 is 10.3 Å². The highest BCUT2D eigenvalue weighted by molar-refractivity contribution is 7.98. The Bertz CT molecular complexity index is 1130. The van der Waals surface area contributed by atoms with Crippen molar-refractivity contribution >= 4 is 33.7 Å². The van der Waals surface area contributed by atoms with Crippen LogP contribution in [0, 0.1) is 6.92 Å². The first-order valence-corrected chi connectivity index (χ1v) is 8.77. The van der Waals surface area contributed by atoms with Crippen molar-refractivity contribution in [3.8, 4) is 5.75 Å². The molecule has 0 spiro atoms. The van der Waals surface area contributed by atoms with Gasteiger partial charge in [0, 0.05) is 6.07 Å². The lowest BCUT2D eigenvalue weighted by molar-refractivity contribution is 0.415. The average Bonchev–Trinajstić information content (AvgIpc) is 3.03. The summed E-state index contributed by atoms with van der Waals surface area (Å²) in [6, 6.07) is 11.3. The second kappa shape index (κ2) is 6.25. The number of thioether (sulfide) groups is 1. The van der Waals surface area contributed by atoms with Crippen molar-refractivity contribution in [3.05, 3.63) is 58.1 Å². The molecule has 25 heavy (non-hydrogen) atoms. The van der Waals surface area contributed by atoms with E-state index < -0.39 is 0 Å². The number of rotatable bonds is 4. The van der Waals surface area contributed by atoms with Gasteiger partial charge in [0.25, 0.3) is 5.56 Å². The van der Waals surface area contributed by atoms with E-state index in [9.17, 15) is 4.79 Å². The number of imidazole rings is 1. The first kappa shape index (κ1) is 15.7. The molecule has 6 nitrogen and oxygen atoms in total. The molecular weight excluding hydrogens is 336 g/mol. The summed E-state index contributed by atoms with van der Waals surface area (Å²) in [7, 11) is 1.64. The van der Waals surface area contributed by atoms with Crippen LogP contribution in [0.4, 0.5) is 0 Å². The molecule has 4 aromatic rings. The molecule has 0 aliphatic rings. The van der Waals surface area contributed by atoms with E-state index >= 15 is 0 Å². The number of nitrogens with zero attached hydrogens (tertiary/aromatic N) is 2. The molecule has 0 saturated heterocycles. The van der Waals surface area contributed by atoms with Crippen LogP contribution in [0.15, 0.2) is 46.3 Å². The minimum atomic E-state index is -0.112. The highest BCUT2D eigenvalue weighted by Gasteiger charge is 2.09. The van der Waals surface area contributed by atoms with Crippen LogP contribution in [0.1, 0.15) is 11.4 Å². The van der Waals surface area contributed by atoms with Crippen molar-refractivity contribution in [1.82, 2.24) is 19.9 Å². The quantitative estimate of drug-likeness (QED) is 0.550. The molecule has 0 fully saturated rings. The second-order valence-corrected chi connectivity index (χ2v) is 6.66. The molecule has 0 atom stereocenters. The number of nitrogens with one attached hydrogen (secondary N) is 2. The van der Waals surface area contributed by atoms with Crippen molar-refractivity contribution in [2.24, 2.45) is 0 Å². The summed E-state index contributed by atoms with van der Waals surface area (Å²) in [6.45, 7) is 1.96. The van der Waals surface area contributed by atoms with E-state index in [2.05, 4.69) is 19.9 Å². The Kier molecular flexibility index (Phi) is 3.93. The fourth-order valence-electron chi connectivity index (χ4n) is 2.72. The Morgan fingerprint density at radius 2 is 2.04 bits per heavy atom. The minimum absolute atomic E-state index is 0.112. The molecular formula is C18H16N4O2S. The normalized spacial score (nSPS) is 11.3. The number of aryl methyl sites for hydroxylation is 1. The molecule has 2 N–H and O–H groups in total. The van der Waals surface area contributed by atoms with Crippen LogP contribution in [-0.2, 0) is 5.75 Å². The standard InChI is InChI=1S/C18H16N4O2S/c1-10-4-3-5-12-16(10)21-15(22-17(12)23)9-25-18-19-13-7-6-11(24-2)8-14(13)20-18/h3-8H,9H2,1-2H3,(H,19,20)(H,21,22,23). The van der Waals surface area contributed by atoms with E-state index in [1.807, 2.05) is 37.3 Å². The first-order chi connectivity index (χ1) is 12.1. The zero-order chi connectivity index (χ0) is 17.4. The van der Waals surface area contributed by atoms with E-state index in [1.165, 1.54) is 11.8 Å². The molecule has 0 amide bonds. The zero-order valence-corrected chi connectivity index (χ0v) is 14.6. The Hall–Kier alpha value is -2.80. The lowest BCUT2D eigenvalue weighted by Gasteiger charge is -2.04. The molecule has 2 heterocycles. The molecule has 0 aliphatic carbocycles. The van der Waals surface area contributed by atoms with Gasteiger partial charge in [0.2, 0.25) is 0 Å². The van der Waals surface area contributed by atoms with Crippen LogP contribution in [-0.4, -0.2) is 27.0 Å². The van der Waals surface area contributed by atoms with Crippen molar-refractivity contribution < 1.29 is 4.74 Å². The van der Waals surface area contributed by atoms with Crippen LogP contribution >= 0.6 is 11.8 Å². The van der Waals surface area contributed by atoms with Crippen LogP contribution in [0.5, 0.6) is 5.75 Å². The Morgan fingerprint density at radius 3 is 2.88 bits per heavy atom. The number of fused-ring (bicyclic) bond motifs is 2. The van der Waals surface area contributed by atoms with E-state index in [0.29, 0.717) is 17.0 Å². The highest BCUT2D eigenvalue weighted by atomic mass is 32.2. The van der Waals surface area contributed by atoms with Crippen LogP contribution in [0.2, 0.25) is 0 Å². The maximum absolute atomic E-state index is 12.2. The van der Waals surface area contributed by atoms with Crippen LogP contribution in [0.3, 0.4) is 0 Å². The SMILES string of the molecule is COc1ccc2nc(SCc3nc4c(C)cccc4c(=O)[nH]3)[nH]c2c1. The van der Waals surface area contributed by atoms with Gasteiger partial charge in [0.1, 0.15) is 11.6 Å². The number of benzene rings is 2. The molecule has 7 heteroatoms. The summed E-state index contributed by atoms with van der Waals surface area (Å²) in [5, 5.41) is 1.39. The fraction of sp³-hybridized carbons (Fsp3) is 0.167. The molecule has 0 radical (unpaired) electrons. The predicted octanol–water partition coefficient (Wildman–Crippen LogP) is 3.41. The molecule has 0 saturated carbocycles. The van der Waals surface area contributed by atoms with E-state index in [-0.39, 0.29) is 5.56 Å². The molecule has 126 valence electrons. The molecule has 2 aromatic heterocycles. The van der Waals surface area contributed by atoms with Crippen molar-refractivity contribution in [2.45, 2.75) is 17.8 Å². The lowest BCUT2D eigenvalue weighted by Crippen LogP contribution is -2.11. The zero-order valence-electron chi connectivity index (χ0n) is 13.8. The van der Waals surface area contributed by atoms with Crippen molar-refractivity contribution in [2.75, 3.05) is 7.11 Å². The minimum Gasteiger partial charge on any atom is -0.497 e. The largest absolute Gasteiger partial charge is 0.497 e. The van der Waals surface area contributed by atoms with E-state index in [4.69, 9.17) is 4.74 Å². The summed E-state index contributed by atoms with van der Waals surface area (Å²) in [5.41, 5.74) is 3.41. The predicted molar refractivity (Wildman–Crippen MR) is 99.3 cm³/mol. The number of aromatic amines is 2. The molecule has 0 unspecified atom stereocenters. The van der Waals surface area contributed by atoms with Gasteiger partial charge >= 0.3 is 0 Å². The van der Waals surface area contributed by atoms with Gasteiger partial charge in [-0.05, 0) is 30.7 Å². The highest BCUT2D eigenvalue weighted by Crippen LogP contribution is 2.25. The number of hydrogen-bond donors (Lipinski definition) is 2. The topological polar surface area (TPSA) is 83.7 Å². The Labute approximate surface area is 147 Å². The lowest BCUT2D eigenvalue weighted by atomic mass is 10.1. The third-order valence-electron chi connectivity index (χ3n) is 4.00. The number of ether oxygens (including phenoxy) is 1. The van der Waals surface area contributed by atoms with Gasteiger partial charge in [-0.25, -0.2) is 9.97 Å². The third-order valence-corrected chi connectivity index (χ3v) is 4.88. The summed E-state index contributed by atoms with van der Waals surface area (Å²) >= 11 is 1.50. The maximum Gasteiger partial charge on any atom is 0.258 e. The smallest absolute Gasteiger partial charge is 0.258 e. The fourth-order valence-corrected chi connectivity index (χ4v) is 3.47. The van der Waals surface area contributed by atoms with Gasteiger partial charge in [-0.3, -0.25) is 4.79 Å². The number of H-pyrrole nitrogens is 2. The summed E-state index contributed by atoms with van der Waals surface area (Å²) in [4.78, 5) is 27.5. The first-order valence-electron chi connectivity index (χ1n) is 7.79. The monoisotopic (exact) mass is 352 g/mol. The molecule has 4 rings (SSSR count). The summed E-state index contributed by atoms with van der Waals surface area (Å²) in [6.07, 6.45) is 0. The number of aromatic nitrogens is 4. The van der Waals surface area contributed by atoms with E-state index in [0.717, 1.165) is 33.0 Å². The van der Waals surface area contributed by atoms with Gasteiger partial charge in [-0.1, -0.05) is 23.9 Å². The summed E-state index contributed by atoms with van der Waals surface area (Å²) < 4.78 is 5.22. The van der Waals surface area contributed by atoms with E-state index in [1.54, 1.807) is 13.2 Å². The van der Waals surface area contributed by atoms with Gasteiger partial charge in [-0.15, -0.1) is 0 Å². The Morgan fingerprint density at radius 1 is 1.16 bits per heavy atom. The Balaban J connectivity index is 1.62.